The summed E-state index contributed by atoms with van der Waals surface area (Å²) in [6.07, 6.45) is 2.16. The second-order valence-electron chi connectivity index (χ2n) is 4.14. The summed E-state index contributed by atoms with van der Waals surface area (Å²) in [4.78, 5) is 0. The van der Waals surface area contributed by atoms with Gasteiger partial charge in [-0.25, -0.2) is 0 Å². The first-order valence-electron chi connectivity index (χ1n) is 4.93. The molecule has 1 heteroatoms. The van der Waals surface area contributed by atoms with Crippen LogP contribution in [0.2, 0.25) is 0 Å². The molecule has 1 atom stereocenters. The number of aliphatic hydroxyl groups is 1. The third-order valence-electron chi connectivity index (χ3n) is 2.81. The molecule has 0 radical (unpaired) electrons. The van der Waals surface area contributed by atoms with Crippen molar-refractivity contribution in [3.05, 3.63) is 34.9 Å². The lowest BCUT2D eigenvalue weighted by atomic mass is 9.98. The lowest BCUT2D eigenvalue weighted by molar-refractivity contribution is 0.153. The predicted octanol–water partition coefficient (Wildman–Crippen LogP) is 2.75. The maximum absolute atomic E-state index is 9.93. The van der Waals surface area contributed by atoms with Gasteiger partial charge in [0, 0.05) is 0 Å². The van der Waals surface area contributed by atoms with E-state index in [1.807, 2.05) is 0 Å². The molecule has 1 aromatic carbocycles. The highest BCUT2D eigenvalue weighted by atomic mass is 16.3. The molecule has 1 aromatic rings. The minimum Gasteiger partial charge on any atom is -0.388 e. The van der Waals surface area contributed by atoms with Crippen molar-refractivity contribution < 1.29 is 5.11 Å². The van der Waals surface area contributed by atoms with Crippen LogP contribution in [0.15, 0.2) is 18.2 Å². The SMILES string of the molecule is Cc1ccc(C(O)C2CC2)c(C)c1. The summed E-state index contributed by atoms with van der Waals surface area (Å²) in [5.74, 6) is 0.529. The fourth-order valence-corrected chi connectivity index (χ4v) is 1.82. The Morgan fingerprint density at radius 3 is 2.54 bits per heavy atom. The molecule has 1 fully saturated rings. The molecule has 0 amide bonds. The minimum atomic E-state index is -0.222. The van der Waals surface area contributed by atoms with Gasteiger partial charge in [0.05, 0.1) is 6.10 Å². The van der Waals surface area contributed by atoms with E-state index in [2.05, 4.69) is 32.0 Å². The van der Waals surface area contributed by atoms with Crippen LogP contribution in [0.5, 0.6) is 0 Å². The molecule has 0 saturated heterocycles. The van der Waals surface area contributed by atoms with Crippen LogP contribution in [-0.4, -0.2) is 5.11 Å². The molecule has 1 nitrogen and oxygen atoms in total. The monoisotopic (exact) mass is 176 g/mol. The summed E-state index contributed by atoms with van der Waals surface area (Å²) in [7, 11) is 0. The number of rotatable bonds is 2. The average Bonchev–Trinajstić information content (AvgIpc) is 2.85. The summed E-state index contributed by atoms with van der Waals surface area (Å²) in [5.41, 5.74) is 3.61. The summed E-state index contributed by atoms with van der Waals surface area (Å²) >= 11 is 0. The Hall–Kier alpha value is -0.820. The third kappa shape index (κ3) is 1.75. The van der Waals surface area contributed by atoms with Crippen LogP contribution in [-0.2, 0) is 0 Å². The highest BCUT2D eigenvalue weighted by Crippen LogP contribution is 2.41. The molecule has 0 bridgehead atoms. The van der Waals surface area contributed by atoms with E-state index in [9.17, 15) is 5.11 Å². The Morgan fingerprint density at radius 1 is 1.31 bits per heavy atom. The molecular weight excluding hydrogens is 160 g/mol. The van der Waals surface area contributed by atoms with Crippen LogP contribution in [0, 0.1) is 19.8 Å². The average molecular weight is 176 g/mol. The second kappa shape index (κ2) is 3.15. The molecule has 0 spiro atoms. The van der Waals surface area contributed by atoms with Crippen molar-refractivity contribution in [3.8, 4) is 0 Å². The molecule has 70 valence electrons. The predicted molar refractivity (Wildman–Crippen MR) is 53.6 cm³/mol. The largest absolute Gasteiger partial charge is 0.388 e. The van der Waals surface area contributed by atoms with E-state index in [1.54, 1.807) is 0 Å². The summed E-state index contributed by atoms with van der Waals surface area (Å²) in [6.45, 7) is 4.16. The summed E-state index contributed by atoms with van der Waals surface area (Å²) < 4.78 is 0. The van der Waals surface area contributed by atoms with E-state index < -0.39 is 0 Å². The van der Waals surface area contributed by atoms with Gasteiger partial charge in [-0.15, -0.1) is 0 Å². The van der Waals surface area contributed by atoms with Crippen LogP contribution in [0.25, 0.3) is 0 Å². The van der Waals surface area contributed by atoms with Gasteiger partial charge in [0.2, 0.25) is 0 Å². The van der Waals surface area contributed by atoms with Crippen LogP contribution in [0.1, 0.15) is 35.6 Å². The van der Waals surface area contributed by atoms with Crippen molar-refractivity contribution in [2.75, 3.05) is 0 Å². The van der Waals surface area contributed by atoms with Gasteiger partial charge in [0.15, 0.2) is 0 Å². The Balaban J connectivity index is 2.28. The highest BCUT2D eigenvalue weighted by molar-refractivity contribution is 5.32. The maximum atomic E-state index is 9.93. The quantitative estimate of drug-likeness (QED) is 0.734. The summed E-state index contributed by atoms with van der Waals surface area (Å²) in [5, 5.41) is 9.93. The third-order valence-corrected chi connectivity index (χ3v) is 2.81. The Bertz CT molecular complexity index is 313. The Morgan fingerprint density at radius 2 is 2.00 bits per heavy atom. The first kappa shape index (κ1) is 8.76. The fraction of sp³-hybridized carbons (Fsp3) is 0.500. The zero-order valence-electron chi connectivity index (χ0n) is 8.25. The molecule has 1 aliphatic rings. The number of aliphatic hydroxyl groups excluding tert-OH is 1. The van der Waals surface area contributed by atoms with Crippen LogP contribution >= 0.6 is 0 Å². The van der Waals surface area contributed by atoms with Gasteiger partial charge < -0.3 is 5.11 Å². The smallest absolute Gasteiger partial charge is 0.0820 e. The van der Waals surface area contributed by atoms with Crippen molar-refractivity contribution in [2.45, 2.75) is 32.8 Å². The van der Waals surface area contributed by atoms with Crippen molar-refractivity contribution in [1.29, 1.82) is 0 Å². The molecule has 0 aromatic heterocycles. The number of aryl methyl sites for hydroxylation is 2. The van der Waals surface area contributed by atoms with Crippen LogP contribution in [0.3, 0.4) is 0 Å². The van der Waals surface area contributed by atoms with Gasteiger partial charge in [-0.05, 0) is 43.7 Å². The van der Waals surface area contributed by atoms with E-state index in [0.29, 0.717) is 5.92 Å². The van der Waals surface area contributed by atoms with E-state index >= 15 is 0 Å². The molecule has 2 rings (SSSR count). The molecule has 0 aliphatic heterocycles. The normalized spacial score (nSPS) is 18.7. The van der Waals surface area contributed by atoms with E-state index in [4.69, 9.17) is 0 Å². The van der Waals surface area contributed by atoms with Gasteiger partial charge >= 0.3 is 0 Å². The van der Waals surface area contributed by atoms with Gasteiger partial charge in [-0.1, -0.05) is 23.8 Å². The number of hydrogen-bond acceptors (Lipinski definition) is 1. The van der Waals surface area contributed by atoms with Gasteiger partial charge in [0.1, 0.15) is 0 Å². The molecular formula is C12H16O. The molecule has 1 saturated carbocycles. The highest BCUT2D eigenvalue weighted by Gasteiger charge is 2.31. The van der Waals surface area contributed by atoms with E-state index in [0.717, 1.165) is 5.56 Å². The molecule has 1 unspecified atom stereocenters. The number of hydrogen-bond donors (Lipinski definition) is 1. The van der Waals surface area contributed by atoms with Crippen molar-refractivity contribution >= 4 is 0 Å². The lowest BCUT2D eigenvalue weighted by Gasteiger charge is -2.13. The Kier molecular flexibility index (Phi) is 2.12. The second-order valence-corrected chi connectivity index (χ2v) is 4.14. The zero-order valence-corrected chi connectivity index (χ0v) is 8.25. The van der Waals surface area contributed by atoms with E-state index in [1.165, 1.54) is 24.0 Å². The first-order valence-corrected chi connectivity index (χ1v) is 4.93. The van der Waals surface area contributed by atoms with Gasteiger partial charge in [0.25, 0.3) is 0 Å². The summed E-state index contributed by atoms with van der Waals surface area (Å²) in [6, 6.07) is 6.28. The fourth-order valence-electron chi connectivity index (χ4n) is 1.82. The molecule has 1 aliphatic carbocycles. The van der Waals surface area contributed by atoms with Gasteiger partial charge in [-0.2, -0.15) is 0 Å². The van der Waals surface area contributed by atoms with Crippen LogP contribution in [0.4, 0.5) is 0 Å². The molecule has 0 heterocycles. The first-order chi connectivity index (χ1) is 6.18. The van der Waals surface area contributed by atoms with Gasteiger partial charge in [-0.3, -0.25) is 0 Å². The van der Waals surface area contributed by atoms with Crippen molar-refractivity contribution in [1.82, 2.24) is 0 Å². The minimum absolute atomic E-state index is 0.222. The van der Waals surface area contributed by atoms with Crippen molar-refractivity contribution in [3.63, 3.8) is 0 Å². The van der Waals surface area contributed by atoms with E-state index in [-0.39, 0.29) is 6.10 Å². The molecule has 13 heavy (non-hydrogen) atoms. The lowest BCUT2D eigenvalue weighted by Crippen LogP contribution is -2.01. The molecule has 1 N–H and O–H groups in total. The number of benzene rings is 1. The van der Waals surface area contributed by atoms with Crippen molar-refractivity contribution in [2.24, 2.45) is 5.92 Å². The zero-order chi connectivity index (χ0) is 9.42. The Labute approximate surface area is 79.4 Å². The van der Waals surface area contributed by atoms with Crippen LogP contribution < -0.4 is 0 Å². The topological polar surface area (TPSA) is 20.2 Å². The standard InChI is InChI=1S/C12H16O/c1-8-3-6-11(9(2)7-8)12(13)10-4-5-10/h3,6-7,10,12-13H,4-5H2,1-2H3. The maximum Gasteiger partial charge on any atom is 0.0820 e.